The molecule has 3 aliphatic heterocycles. The summed E-state index contributed by atoms with van der Waals surface area (Å²) in [5.74, 6) is 0. The summed E-state index contributed by atoms with van der Waals surface area (Å²) in [6, 6.07) is 51.2. The van der Waals surface area contributed by atoms with Crippen LogP contribution in [-0.2, 0) is 0 Å². The molecule has 32 heavy (non-hydrogen) atoms. The van der Waals surface area contributed by atoms with Crippen LogP contribution in [0.5, 0.6) is 0 Å². The molecule has 2 bridgehead atoms. The molecule has 0 fully saturated rings. The van der Waals surface area contributed by atoms with E-state index in [0.29, 0.717) is 0 Å². The molecule has 0 atom stereocenters. The van der Waals surface area contributed by atoms with E-state index >= 15 is 0 Å². The van der Waals surface area contributed by atoms with Crippen molar-refractivity contribution in [3.8, 4) is 0 Å². The average Bonchev–Trinajstić information content (AvgIpc) is 2.89. The van der Waals surface area contributed by atoms with E-state index in [9.17, 15) is 0 Å². The van der Waals surface area contributed by atoms with E-state index < -0.39 is 21.3 Å². The van der Waals surface area contributed by atoms with Gasteiger partial charge in [0.15, 0.2) is 0 Å². The van der Waals surface area contributed by atoms with E-state index in [2.05, 4.69) is 133 Å². The van der Waals surface area contributed by atoms with Gasteiger partial charge in [-0.25, -0.2) is 0 Å². The maximum atomic E-state index is 2.47. The molecule has 0 nitrogen and oxygen atoms in total. The fourth-order valence-corrected chi connectivity index (χ4v) is 28.5. The van der Waals surface area contributed by atoms with E-state index in [4.69, 9.17) is 0 Å². The summed E-state index contributed by atoms with van der Waals surface area (Å²) in [5, 5.41) is 6.35. The average molecular weight is 483 g/mol. The van der Waals surface area contributed by atoms with Gasteiger partial charge < -0.3 is 0 Å². The minimum absolute atomic E-state index is 1.50. The van der Waals surface area contributed by atoms with Gasteiger partial charge in [0, 0.05) is 0 Å². The summed E-state index contributed by atoms with van der Waals surface area (Å²) < 4.78 is 6.47. The van der Waals surface area contributed by atoms with Gasteiger partial charge in [-0.15, -0.1) is 0 Å². The van der Waals surface area contributed by atoms with Crippen molar-refractivity contribution in [1.82, 2.24) is 0 Å². The Kier molecular flexibility index (Phi) is 3.85. The zero-order chi connectivity index (χ0) is 21.2. The number of hydrogen-bond donors (Lipinski definition) is 0. The van der Waals surface area contributed by atoms with Gasteiger partial charge >= 0.3 is 193 Å². The van der Waals surface area contributed by atoms with Crippen LogP contribution in [0, 0.1) is 0 Å². The van der Waals surface area contributed by atoms with Crippen LogP contribution in [0.15, 0.2) is 133 Å². The molecule has 0 radical (unpaired) electrons. The Morgan fingerprint density at radius 1 is 0.375 bits per heavy atom. The summed E-state index contributed by atoms with van der Waals surface area (Å²) in [6.07, 6.45) is 0. The molecule has 0 spiro atoms. The Labute approximate surface area is 192 Å². The van der Waals surface area contributed by atoms with E-state index in [-0.39, 0.29) is 0 Å². The first-order chi connectivity index (χ1) is 15.9. The van der Waals surface area contributed by atoms with E-state index in [1.165, 1.54) is 9.58 Å². The van der Waals surface area contributed by atoms with Gasteiger partial charge in [-0.2, -0.15) is 0 Å². The molecule has 150 valence electrons. The van der Waals surface area contributed by atoms with Crippen molar-refractivity contribution in [1.29, 1.82) is 0 Å². The summed E-state index contributed by atoms with van der Waals surface area (Å²) >= 11 is -3.11. The van der Waals surface area contributed by atoms with Gasteiger partial charge in [0.25, 0.3) is 0 Å². The number of hydrogen-bond acceptors (Lipinski definition) is 0. The van der Waals surface area contributed by atoms with Crippen molar-refractivity contribution < 1.29 is 0 Å². The molecule has 3 heterocycles. The van der Waals surface area contributed by atoms with Crippen LogP contribution in [0.4, 0.5) is 0 Å². The van der Waals surface area contributed by atoms with Crippen LogP contribution in [0.25, 0.3) is 0 Å². The molecule has 0 aromatic heterocycles. The molecule has 0 saturated carbocycles. The van der Waals surface area contributed by atoms with Crippen molar-refractivity contribution in [2.45, 2.75) is 0 Å². The molecule has 0 amide bonds. The van der Waals surface area contributed by atoms with Gasteiger partial charge in [-0.05, 0) is 0 Å². The van der Waals surface area contributed by atoms with Gasteiger partial charge in [0.05, 0.1) is 0 Å². The summed E-state index contributed by atoms with van der Waals surface area (Å²) in [7, 11) is -2.36. The molecule has 5 aromatic carbocycles. The molecule has 2 heteroatoms. The second-order valence-corrected chi connectivity index (χ2v) is 20.3. The number of benzene rings is 5. The topological polar surface area (TPSA) is 0 Å². The Morgan fingerprint density at radius 3 is 1.22 bits per heavy atom. The minimum atomic E-state index is -3.11. The Balaban J connectivity index is 1.77. The fraction of sp³-hybridized carbons (Fsp3) is 0. The quantitative estimate of drug-likeness (QED) is 0.323. The van der Waals surface area contributed by atoms with Crippen LogP contribution >= 0.6 is 0 Å². The van der Waals surface area contributed by atoms with Crippen LogP contribution in [0.3, 0.4) is 0 Å². The predicted octanol–water partition coefficient (Wildman–Crippen LogP) is 1.07. The summed E-state index contributed by atoms with van der Waals surface area (Å²) in [6.45, 7) is 0. The second-order valence-electron chi connectivity index (χ2n) is 8.87. The first-order valence-electron chi connectivity index (χ1n) is 11.3. The summed E-state index contributed by atoms with van der Waals surface area (Å²) in [5.41, 5.74) is 0. The maximum absolute atomic E-state index is 3.11. The molecule has 0 unspecified atom stereocenters. The third kappa shape index (κ3) is 2.04. The van der Waals surface area contributed by atoms with Gasteiger partial charge in [0.2, 0.25) is 0 Å². The molecule has 0 aliphatic carbocycles. The van der Waals surface area contributed by atoms with Crippen LogP contribution in [0.2, 0.25) is 0 Å². The van der Waals surface area contributed by atoms with Gasteiger partial charge in [-0.3, -0.25) is 0 Å². The molecule has 3 aliphatic rings. The monoisotopic (exact) mass is 484 g/mol. The predicted molar refractivity (Wildman–Crippen MR) is 141 cm³/mol. The molecule has 0 saturated heterocycles. The fourth-order valence-electron chi connectivity index (χ4n) is 6.59. The number of rotatable bonds is 2. The zero-order valence-corrected chi connectivity index (χ0v) is 20.8. The van der Waals surface area contributed by atoms with Crippen molar-refractivity contribution in [3.05, 3.63) is 133 Å². The Morgan fingerprint density at radius 2 is 0.750 bits per heavy atom. The standard InChI is InChI=1S/C30H22GeSi/c1-3-13-23(14-4-1)31-25-17-7-10-20-28(25)32(24-15-5-2-6-16-24,29-21-11-8-18-26(29)31)30-22-12-9-19-27(30)31/h1-22H. The van der Waals surface area contributed by atoms with Crippen molar-refractivity contribution >= 4 is 59.7 Å². The molecule has 5 aromatic rings. The summed E-state index contributed by atoms with van der Waals surface area (Å²) in [4.78, 5) is 0. The SMILES string of the molecule is c1ccc([Si]23c4cccc[c]4[Ge]([c]4ccccc4)([c]4ccccc42)[c]2ccccc23)cc1. The van der Waals surface area contributed by atoms with Crippen molar-refractivity contribution in [2.24, 2.45) is 0 Å². The first-order valence-corrected chi connectivity index (χ1v) is 17.5. The first kappa shape index (κ1) is 18.4. The van der Waals surface area contributed by atoms with Crippen LogP contribution in [-0.4, -0.2) is 21.3 Å². The second kappa shape index (κ2) is 6.68. The third-order valence-electron chi connectivity index (χ3n) is 7.62. The van der Waals surface area contributed by atoms with Crippen LogP contribution in [0.1, 0.15) is 0 Å². The molecule has 8 rings (SSSR count). The van der Waals surface area contributed by atoms with E-state index in [1.807, 2.05) is 0 Å². The van der Waals surface area contributed by atoms with Crippen molar-refractivity contribution in [2.75, 3.05) is 0 Å². The molecular formula is C30H22GeSi. The van der Waals surface area contributed by atoms with E-state index in [0.717, 1.165) is 0 Å². The Hall–Kier alpha value is -3.14. The zero-order valence-electron chi connectivity index (χ0n) is 17.7. The van der Waals surface area contributed by atoms with Gasteiger partial charge in [0.1, 0.15) is 0 Å². The van der Waals surface area contributed by atoms with Gasteiger partial charge in [-0.1, -0.05) is 0 Å². The normalized spacial score (nSPS) is 22.0. The third-order valence-corrected chi connectivity index (χ3v) is 24.5. The van der Waals surface area contributed by atoms with E-state index in [1.54, 1.807) is 28.7 Å². The van der Waals surface area contributed by atoms with Crippen LogP contribution < -0.4 is 38.3 Å². The molecule has 0 N–H and O–H groups in total. The Bertz CT molecular complexity index is 1240. The molecular weight excluding hydrogens is 461 g/mol. The van der Waals surface area contributed by atoms with Crippen molar-refractivity contribution in [3.63, 3.8) is 0 Å².